The first-order valence-corrected chi connectivity index (χ1v) is 12.1. The molecule has 2 heterocycles. The number of phenolic OH excluding ortho intramolecular Hbond substituents is 2. The Labute approximate surface area is 194 Å². The Kier molecular flexibility index (Phi) is 6.35. The third-order valence-electron chi connectivity index (χ3n) is 5.91. The van der Waals surface area contributed by atoms with Gasteiger partial charge in [-0.25, -0.2) is 4.57 Å². The van der Waals surface area contributed by atoms with E-state index in [-0.39, 0.29) is 40.1 Å². The van der Waals surface area contributed by atoms with E-state index in [9.17, 15) is 29.4 Å². The maximum absolute atomic E-state index is 13.3. The van der Waals surface area contributed by atoms with Crippen LogP contribution >= 0.6 is 19.4 Å². The lowest BCUT2D eigenvalue weighted by Gasteiger charge is -2.37. The van der Waals surface area contributed by atoms with Crippen LogP contribution in [0.3, 0.4) is 0 Å². The van der Waals surface area contributed by atoms with Crippen LogP contribution in [0.1, 0.15) is 17.9 Å². The molecule has 12 heteroatoms. The number of likely N-dealkylation sites (N-methyl/N-ethyl adjacent to an activating group) is 1. The van der Waals surface area contributed by atoms with E-state index in [2.05, 4.69) is 0 Å². The summed E-state index contributed by atoms with van der Waals surface area (Å²) >= 11 is 6.32. The average Bonchev–Trinajstić information content (AvgIpc) is 2.71. The van der Waals surface area contributed by atoms with Crippen molar-refractivity contribution in [1.29, 1.82) is 0 Å². The molecule has 0 bridgehead atoms. The zero-order valence-electron chi connectivity index (χ0n) is 17.9. The Morgan fingerprint density at radius 1 is 1.24 bits per heavy atom. The molecule has 1 aliphatic rings. The van der Waals surface area contributed by atoms with Crippen LogP contribution in [-0.4, -0.2) is 59.0 Å². The molecule has 0 spiro atoms. The van der Waals surface area contributed by atoms with Gasteiger partial charge in [-0.1, -0.05) is 23.7 Å². The van der Waals surface area contributed by atoms with Gasteiger partial charge in [-0.3, -0.25) is 9.32 Å². The summed E-state index contributed by atoms with van der Waals surface area (Å²) in [5.41, 5.74) is 0.224. The zero-order valence-corrected chi connectivity index (χ0v) is 19.5. The second-order valence-electron chi connectivity index (χ2n) is 8.19. The molecule has 9 nitrogen and oxygen atoms in total. The van der Waals surface area contributed by atoms with Gasteiger partial charge >= 0.3 is 7.82 Å². The van der Waals surface area contributed by atoms with Gasteiger partial charge in [-0.15, -0.1) is 0 Å². The Hall–Kier alpha value is -2.33. The van der Waals surface area contributed by atoms with Crippen molar-refractivity contribution in [3.8, 4) is 22.8 Å². The number of phenols is 2. The lowest BCUT2D eigenvalue weighted by atomic mass is 9.84. The largest absolute Gasteiger partial charge is 0.507 e. The predicted octanol–water partition coefficient (Wildman–Crippen LogP) is 1.68. The number of likely N-dealkylation sites (tertiary alicyclic amines) is 1. The molecule has 4 rings (SSSR count). The molecule has 4 N–H and O–H groups in total. The molecular weight excluding hydrogens is 471 g/mol. The van der Waals surface area contributed by atoms with Crippen molar-refractivity contribution in [3.05, 3.63) is 51.1 Å². The molecule has 1 aromatic heterocycles. The number of hydrogen-bond acceptors (Lipinski definition) is 7. The molecule has 1 aliphatic heterocycles. The third-order valence-corrected chi connectivity index (χ3v) is 6.79. The van der Waals surface area contributed by atoms with Crippen molar-refractivity contribution in [1.82, 2.24) is 4.90 Å². The minimum Gasteiger partial charge on any atom is -0.507 e. The lowest BCUT2D eigenvalue weighted by molar-refractivity contribution is 0.0544. The van der Waals surface area contributed by atoms with Crippen LogP contribution in [0, 0.1) is 0 Å². The van der Waals surface area contributed by atoms with Crippen LogP contribution in [-0.2, 0) is 9.09 Å². The molecule has 0 unspecified atom stereocenters. The molecule has 174 valence electrons. The number of halogens is 1. The molecule has 1 saturated heterocycles. The van der Waals surface area contributed by atoms with Crippen molar-refractivity contribution in [3.63, 3.8) is 0 Å². The van der Waals surface area contributed by atoms with Crippen molar-refractivity contribution in [2.24, 2.45) is 0 Å². The van der Waals surface area contributed by atoms with Crippen LogP contribution in [0.25, 0.3) is 22.3 Å². The first-order valence-electron chi connectivity index (χ1n) is 10.2. The highest BCUT2D eigenvalue weighted by Gasteiger charge is 2.38. The fraction of sp³-hybridized carbons (Fsp3) is 0.286. The van der Waals surface area contributed by atoms with E-state index in [4.69, 9.17) is 20.5 Å². The van der Waals surface area contributed by atoms with Gasteiger partial charge in [0.1, 0.15) is 36.1 Å². The van der Waals surface area contributed by atoms with Gasteiger partial charge in [-0.2, -0.15) is 0 Å². The first kappa shape index (κ1) is 23.8. The summed E-state index contributed by atoms with van der Waals surface area (Å²) in [7, 11) is -1.53. The molecule has 1 fully saturated rings. The van der Waals surface area contributed by atoms with Gasteiger partial charge in [-0.05, 0) is 32.1 Å². The van der Waals surface area contributed by atoms with E-state index in [1.807, 2.05) is 4.90 Å². The number of phosphoric ester groups is 1. The minimum atomic E-state index is -4.85. The van der Waals surface area contributed by atoms with Crippen LogP contribution in [0.4, 0.5) is 0 Å². The van der Waals surface area contributed by atoms with E-state index in [0.717, 1.165) is 6.07 Å². The zero-order chi connectivity index (χ0) is 24.1. The summed E-state index contributed by atoms with van der Waals surface area (Å²) in [5.74, 6) is -1.38. The number of phosphoric acid groups is 1. The normalized spacial score (nSPS) is 19.8. The van der Waals surface area contributed by atoms with E-state index in [1.54, 1.807) is 39.2 Å². The lowest BCUT2D eigenvalue weighted by Crippen LogP contribution is -2.41. The molecule has 0 amide bonds. The van der Waals surface area contributed by atoms with Crippen LogP contribution in [0.2, 0.25) is 5.02 Å². The number of piperidine rings is 1. The van der Waals surface area contributed by atoms with Gasteiger partial charge in [0.25, 0.3) is 0 Å². The molecular formula is C21H22BClNO8P. The SMILES string of the molecule is Bc1c(-c2ccccc2Cl)oc2c([C@H]3CCN(C)C[C@H]3OP(=O)(O)O)c(O)cc(O)c2c1=O. The fourth-order valence-electron chi connectivity index (χ4n) is 4.39. The van der Waals surface area contributed by atoms with Crippen molar-refractivity contribution in [2.45, 2.75) is 18.4 Å². The first-order chi connectivity index (χ1) is 15.5. The molecule has 0 aliphatic carbocycles. The van der Waals surface area contributed by atoms with E-state index >= 15 is 0 Å². The predicted molar refractivity (Wildman–Crippen MR) is 126 cm³/mol. The summed E-state index contributed by atoms with van der Waals surface area (Å²) in [6, 6.07) is 7.81. The molecule has 0 radical (unpaired) electrons. The molecule has 2 aromatic carbocycles. The van der Waals surface area contributed by atoms with Crippen LogP contribution in [0.15, 0.2) is 39.5 Å². The van der Waals surface area contributed by atoms with Crippen molar-refractivity contribution in [2.75, 3.05) is 20.1 Å². The molecule has 2 atom stereocenters. The third kappa shape index (κ3) is 4.55. The van der Waals surface area contributed by atoms with E-state index < -0.39 is 31.0 Å². The molecule has 3 aromatic rings. The maximum atomic E-state index is 13.3. The topological polar surface area (TPSA) is 141 Å². The Balaban J connectivity index is 2.01. The Morgan fingerprint density at radius 3 is 2.61 bits per heavy atom. The quantitative estimate of drug-likeness (QED) is 0.315. The average molecular weight is 494 g/mol. The Bertz CT molecular complexity index is 1340. The van der Waals surface area contributed by atoms with Crippen LogP contribution < -0.4 is 10.9 Å². The molecule has 0 saturated carbocycles. The second-order valence-corrected chi connectivity index (χ2v) is 9.79. The number of rotatable bonds is 4. The number of nitrogens with zero attached hydrogens (tertiary/aromatic N) is 1. The van der Waals surface area contributed by atoms with Gasteiger partial charge in [0.15, 0.2) is 5.43 Å². The fourth-order valence-corrected chi connectivity index (χ4v) is 5.17. The number of fused-ring (bicyclic) bond motifs is 1. The maximum Gasteiger partial charge on any atom is 0.469 e. The van der Waals surface area contributed by atoms with Gasteiger partial charge in [0.05, 0.1) is 11.1 Å². The summed E-state index contributed by atoms with van der Waals surface area (Å²) in [5, 5.41) is 21.5. The van der Waals surface area contributed by atoms with Crippen LogP contribution in [0.5, 0.6) is 11.5 Å². The number of hydrogen-bond donors (Lipinski definition) is 4. The standard InChI is InChI=1S/C21H22BClNO8P/c1-24-7-6-11(15(9-24)32-33(28,29)30)16-13(25)8-14(26)17-19(27)18(22)20(31-21(16)17)10-4-2-3-5-12(10)23/h2-5,8,11,15,25-26H,6-7,9,22H2,1H3,(H2,28,29,30)/t11-,15+/m0/s1. The van der Waals surface area contributed by atoms with Gasteiger partial charge in [0.2, 0.25) is 0 Å². The molecule has 33 heavy (non-hydrogen) atoms. The summed E-state index contributed by atoms with van der Waals surface area (Å²) in [6.45, 7) is 0.714. The minimum absolute atomic E-state index is 0.0770. The highest BCUT2D eigenvalue weighted by molar-refractivity contribution is 7.46. The smallest absolute Gasteiger partial charge is 0.469 e. The summed E-state index contributed by atoms with van der Waals surface area (Å²) in [6.07, 6.45) is -0.647. The van der Waals surface area contributed by atoms with E-state index in [0.29, 0.717) is 23.6 Å². The monoisotopic (exact) mass is 493 g/mol. The second kappa shape index (κ2) is 8.79. The van der Waals surface area contributed by atoms with Crippen molar-refractivity contribution < 1.29 is 33.5 Å². The highest BCUT2D eigenvalue weighted by Crippen LogP contribution is 2.47. The van der Waals surface area contributed by atoms with Gasteiger partial charge < -0.3 is 29.3 Å². The van der Waals surface area contributed by atoms with Crippen molar-refractivity contribution >= 4 is 43.7 Å². The number of benzene rings is 2. The van der Waals surface area contributed by atoms with Gasteiger partial charge in [0, 0.05) is 35.1 Å². The number of aromatic hydroxyl groups is 2. The highest BCUT2D eigenvalue weighted by atomic mass is 35.5. The Morgan fingerprint density at radius 2 is 1.94 bits per heavy atom. The summed E-state index contributed by atoms with van der Waals surface area (Å²) < 4.78 is 22.8. The summed E-state index contributed by atoms with van der Waals surface area (Å²) in [4.78, 5) is 34.0. The van der Waals surface area contributed by atoms with E-state index in [1.165, 1.54) is 0 Å².